The molecule has 1 aromatic rings. The average Bonchev–Trinajstić information content (AvgIpc) is 2.88. The van der Waals surface area contributed by atoms with Crippen LogP contribution in [0.25, 0.3) is 0 Å². The SMILES string of the molecule is CC(C)(C)OC(=O)N1CCCC1(F)C(=O)N(F)Cc1cccc(Cl)c1. The van der Waals surface area contributed by atoms with E-state index in [2.05, 4.69) is 0 Å². The number of carbonyl (C=O) groups excluding carboxylic acids is 2. The molecule has 25 heavy (non-hydrogen) atoms. The number of alkyl halides is 1. The number of ether oxygens (including phenoxy) is 1. The Balaban J connectivity index is 2.13. The summed E-state index contributed by atoms with van der Waals surface area (Å²) < 4.78 is 34.6. The fourth-order valence-electron chi connectivity index (χ4n) is 2.61. The number of halogens is 3. The maximum absolute atomic E-state index is 15.2. The first kappa shape index (κ1) is 19.4. The molecule has 0 radical (unpaired) electrons. The Hall–Kier alpha value is -1.89. The number of hydrogen-bond donors (Lipinski definition) is 0. The highest BCUT2D eigenvalue weighted by Crippen LogP contribution is 2.34. The second kappa shape index (κ2) is 7.15. The summed E-state index contributed by atoms with van der Waals surface area (Å²) in [5.74, 6) is -4.17. The van der Waals surface area contributed by atoms with Crippen LogP contribution in [-0.2, 0) is 16.1 Å². The zero-order valence-corrected chi connectivity index (χ0v) is 15.1. The standard InChI is InChI=1S/C17H21ClF2N2O3/c1-16(2,3)25-15(24)21-9-5-8-17(21,19)14(23)22(20)11-12-6-4-7-13(18)10-12/h4,6-7,10H,5,8-9,11H2,1-3H3. The Morgan fingerprint density at radius 3 is 2.68 bits per heavy atom. The third-order valence-corrected chi connectivity index (χ3v) is 3.93. The maximum atomic E-state index is 15.2. The lowest BCUT2D eigenvalue weighted by molar-refractivity contribution is -0.171. The van der Waals surface area contributed by atoms with E-state index in [9.17, 15) is 14.1 Å². The lowest BCUT2D eigenvalue weighted by Crippen LogP contribution is -2.54. The first-order valence-corrected chi connectivity index (χ1v) is 8.32. The molecule has 0 bridgehead atoms. The number of benzene rings is 1. The molecule has 0 N–H and O–H groups in total. The van der Waals surface area contributed by atoms with E-state index in [1.807, 2.05) is 0 Å². The number of amides is 2. The van der Waals surface area contributed by atoms with Crippen molar-refractivity contribution in [1.29, 1.82) is 0 Å². The molecule has 1 aliphatic heterocycles. The van der Waals surface area contributed by atoms with Crippen molar-refractivity contribution in [3.8, 4) is 0 Å². The highest BCUT2D eigenvalue weighted by Gasteiger charge is 2.54. The van der Waals surface area contributed by atoms with Crippen LogP contribution < -0.4 is 0 Å². The zero-order valence-electron chi connectivity index (χ0n) is 14.4. The number of rotatable bonds is 3. The van der Waals surface area contributed by atoms with Crippen molar-refractivity contribution < 1.29 is 23.2 Å². The first-order valence-electron chi connectivity index (χ1n) is 7.95. The van der Waals surface area contributed by atoms with Gasteiger partial charge in [0.1, 0.15) is 5.60 Å². The van der Waals surface area contributed by atoms with Gasteiger partial charge in [0, 0.05) is 18.0 Å². The molecule has 0 saturated carbocycles. The molecule has 1 aromatic carbocycles. The van der Waals surface area contributed by atoms with Crippen LogP contribution in [0.5, 0.6) is 0 Å². The van der Waals surface area contributed by atoms with Crippen LogP contribution >= 0.6 is 11.6 Å². The van der Waals surface area contributed by atoms with Gasteiger partial charge in [0.2, 0.25) is 0 Å². The molecule has 138 valence electrons. The Bertz CT molecular complexity index is 666. The smallest absolute Gasteiger partial charge is 0.413 e. The summed E-state index contributed by atoms with van der Waals surface area (Å²) in [6, 6.07) is 6.25. The predicted molar refractivity (Wildman–Crippen MR) is 89.1 cm³/mol. The van der Waals surface area contributed by atoms with E-state index in [1.54, 1.807) is 39.0 Å². The van der Waals surface area contributed by atoms with E-state index in [0.29, 0.717) is 15.5 Å². The first-order chi connectivity index (χ1) is 11.5. The Morgan fingerprint density at radius 2 is 2.08 bits per heavy atom. The summed E-state index contributed by atoms with van der Waals surface area (Å²) in [6.45, 7) is 4.41. The van der Waals surface area contributed by atoms with Crippen LogP contribution in [0.3, 0.4) is 0 Å². The van der Waals surface area contributed by atoms with Crippen molar-refractivity contribution in [1.82, 2.24) is 10.0 Å². The van der Waals surface area contributed by atoms with Gasteiger partial charge < -0.3 is 4.74 Å². The highest BCUT2D eigenvalue weighted by atomic mass is 35.5. The van der Waals surface area contributed by atoms with Crippen LogP contribution in [-0.4, -0.2) is 40.0 Å². The molecular weight excluding hydrogens is 354 g/mol. The van der Waals surface area contributed by atoms with Crippen LogP contribution in [0.4, 0.5) is 13.7 Å². The van der Waals surface area contributed by atoms with Gasteiger partial charge in [-0.05, 0) is 44.9 Å². The van der Waals surface area contributed by atoms with Gasteiger partial charge in [-0.25, -0.2) is 9.18 Å². The third kappa shape index (κ3) is 4.60. The summed E-state index contributed by atoms with van der Waals surface area (Å²) >= 11 is 5.82. The minimum absolute atomic E-state index is 0.0117. The summed E-state index contributed by atoms with van der Waals surface area (Å²) in [5, 5.41) is 0.151. The summed E-state index contributed by atoms with van der Waals surface area (Å²) in [6.07, 6.45) is -1.01. The molecule has 1 unspecified atom stereocenters. The van der Waals surface area contributed by atoms with Crippen molar-refractivity contribution in [2.24, 2.45) is 0 Å². The number of hydrogen-bond acceptors (Lipinski definition) is 3. The fraction of sp³-hybridized carbons (Fsp3) is 0.529. The topological polar surface area (TPSA) is 49.9 Å². The molecule has 1 saturated heterocycles. The predicted octanol–water partition coefficient (Wildman–Crippen LogP) is 4.25. The van der Waals surface area contributed by atoms with E-state index in [1.165, 1.54) is 6.07 Å². The molecule has 8 heteroatoms. The average molecular weight is 375 g/mol. The van der Waals surface area contributed by atoms with Gasteiger partial charge in [0.25, 0.3) is 5.79 Å². The van der Waals surface area contributed by atoms with E-state index >= 15 is 4.39 Å². The minimum Gasteiger partial charge on any atom is -0.444 e. The molecule has 0 aliphatic carbocycles. The molecule has 2 amide bonds. The van der Waals surface area contributed by atoms with Crippen molar-refractivity contribution in [3.05, 3.63) is 34.9 Å². The van der Waals surface area contributed by atoms with Crippen LogP contribution in [0.15, 0.2) is 24.3 Å². The highest BCUT2D eigenvalue weighted by molar-refractivity contribution is 6.30. The van der Waals surface area contributed by atoms with Crippen molar-refractivity contribution in [2.75, 3.05) is 6.54 Å². The van der Waals surface area contributed by atoms with Gasteiger partial charge in [0.15, 0.2) is 0 Å². The Morgan fingerprint density at radius 1 is 1.40 bits per heavy atom. The Kier molecular flexibility index (Phi) is 5.56. The van der Waals surface area contributed by atoms with Gasteiger partial charge in [-0.15, -0.1) is 0 Å². The lowest BCUT2D eigenvalue weighted by Gasteiger charge is -2.32. The normalized spacial score (nSPS) is 20.5. The van der Waals surface area contributed by atoms with E-state index in [0.717, 1.165) is 0 Å². The zero-order chi connectivity index (χ0) is 18.8. The summed E-state index contributed by atoms with van der Waals surface area (Å²) in [7, 11) is 0. The van der Waals surface area contributed by atoms with Gasteiger partial charge in [-0.2, -0.15) is 5.12 Å². The minimum atomic E-state index is -2.75. The summed E-state index contributed by atoms with van der Waals surface area (Å²) in [4.78, 5) is 25.1. The van der Waals surface area contributed by atoms with Crippen molar-refractivity contribution in [3.63, 3.8) is 0 Å². The fourth-order valence-corrected chi connectivity index (χ4v) is 2.83. The molecule has 1 heterocycles. The van der Waals surface area contributed by atoms with Gasteiger partial charge in [-0.3, -0.25) is 9.69 Å². The van der Waals surface area contributed by atoms with Gasteiger partial charge >= 0.3 is 12.0 Å². The molecule has 5 nitrogen and oxygen atoms in total. The Labute approximate surface area is 150 Å². The third-order valence-electron chi connectivity index (χ3n) is 3.69. The lowest BCUT2D eigenvalue weighted by atomic mass is 10.1. The number of likely N-dealkylation sites (tertiary alicyclic amines) is 1. The maximum Gasteiger partial charge on any atom is 0.413 e. The van der Waals surface area contributed by atoms with Gasteiger partial charge in [-0.1, -0.05) is 28.2 Å². The van der Waals surface area contributed by atoms with E-state index in [4.69, 9.17) is 16.3 Å². The second-order valence-corrected chi connectivity index (χ2v) is 7.39. The molecular formula is C17H21ClF2N2O3. The van der Waals surface area contributed by atoms with Crippen molar-refractivity contribution >= 4 is 23.6 Å². The number of nitrogens with zero attached hydrogens (tertiary/aromatic N) is 2. The monoisotopic (exact) mass is 374 g/mol. The van der Waals surface area contributed by atoms with Crippen LogP contribution in [0.2, 0.25) is 5.02 Å². The number of carbonyl (C=O) groups is 2. The van der Waals surface area contributed by atoms with E-state index < -0.39 is 29.9 Å². The molecule has 2 rings (SSSR count). The molecule has 1 fully saturated rings. The van der Waals surface area contributed by atoms with Gasteiger partial charge in [0.05, 0.1) is 6.54 Å². The van der Waals surface area contributed by atoms with E-state index in [-0.39, 0.29) is 24.5 Å². The largest absolute Gasteiger partial charge is 0.444 e. The second-order valence-electron chi connectivity index (χ2n) is 6.95. The van der Waals surface area contributed by atoms with Crippen LogP contribution in [0.1, 0.15) is 39.2 Å². The van der Waals surface area contributed by atoms with Crippen molar-refractivity contribution in [2.45, 2.75) is 51.6 Å². The molecule has 0 spiro atoms. The summed E-state index contributed by atoms with van der Waals surface area (Å²) in [5.41, 5.74) is -0.437. The quantitative estimate of drug-likeness (QED) is 0.587. The van der Waals surface area contributed by atoms with Crippen LogP contribution in [0, 0.1) is 0 Å². The molecule has 0 aromatic heterocycles. The molecule has 1 aliphatic rings. The molecule has 1 atom stereocenters.